The van der Waals surface area contributed by atoms with Gasteiger partial charge in [0.2, 0.25) is 0 Å². The Bertz CT molecular complexity index is 751. The van der Waals surface area contributed by atoms with E-state index in [1.165, 1.54) is 30.4 Å². The van der Waals surface area contributed by atoms with Crippen molar-refractivity contribution in [2.24, 2.45) is 11.8 Å². The van der Waals surface area contributed by atoms with E-state index >= 15 is 0 Å². The van der Waals surface area contributed by atoms with Crippen LogP contribution in [0.15, 0.2) is 24.4 Å². The molecule has 0 N–H and O–H groups in total. The minimum atomic E-state index is -0.515. The van der Waals surface area contributed by atoms with Crippen LogP contribution in [0.1, 0.15) is 36.3 Å². The van der Waals surface area contributed by atoms with E-state index in [4.69, 9.17) is 0 Å². The maximum Gasteiger partial charge on any atom is 0.130 e. The predicted molar refractivity (Wildman–Crippen MR) is 93.1 cm³/mol. The Labute approximate surface area is 147 Å². The summed E-state index contributed by atoms with van der Waals surface area (Å²) in [6.45, 7) is 5.71. The Balaban J connectivity index is 1.36. The number of nitrogens with zero attached hydrogens (tertiary/aromatic N) is 3. The first-order valence-electron chi connectivity index (χ1n) is 9.26. The lowest BCUT2D eigenvalue weighted by atomic mass is 10.0. The molecule has 25 heavy (non-hydrogen) atoms. The number of aryl methyl sites for hydroxylation is 1. The normalized spacial score (nSPS) is 21.2. The number of hydrogen-bond acceptors (Lipinski definition) is 2. The van der Waals surface area contributed by atoms with Gasteiger partial charge in [-0.1, -0.05) is 6.07 Å². The largest absolute Gasteiger partial charge is 0.332 e. The summed E-state index contributed by atoms with van der Waals surface area (Å²) in [5.74, 6) is 1.64. The first-order chi connectivity index (χ1) is 12.1. The van der Waals surface area contributed by atoms with Gasteiger partial charge in [0.15, 0.2) is 0 Å². The quantitative estimate of drug-likeness (QED) is 0.791. The van der Waals surface area contributed by atoms with Crippen LogP contribution < -0.4 is 0 Å². The molecular formula is C20H25F2N3. The van der Waals surface area contributed by atoms with Gasteiger partial charge in [0.25, 0.3) is 0 Å². The topological polar surface area (TPSA) is 21.1 Å². The van der Waals surface area contributed by atoms with Crippen LogP contribution in [0, 0.1) is 30.4 Å². The molecule has 0 radical (unpaired) electrons. The fourth-order valence-corrected chi connectivity index (χ4v) is 3.85. The molecule has 0 spiro atoms. The highest BCUT2D eigenvalue weighted by molar-refractivity contribution is 5.18. The van der Waals surface area contributed by atoms with Crippen molar-refractivity contribution >= 4 is 0 Å². The summed E-state index contributed by atoms with van der Waals surface area (Å²) in [6.07, 6.45) is 6.77. The van der Waals surface area contributed by atoms with Crippen molar-refractivity contribution in [2.45, 2.75) is 45.7 Å². The van der Waals surface area contributed by atoms with Crippen LogP contribution in [0.3, 0.4) is 0 Å². The van der Waals surface area contributed by atoms with E-state index in [2.05, 4.69) is 21.4 Å². The summed E-state index contributed by atoms with van der Waals surface area (Å²) in [6, 6.07) is 3.87. The SMILES string of the molecule is Cc1cnc(CC2CCN(Cc3ccc(F)cc3F)C2)n1CC1CC1. The molecule has 5 heteroatoms. The predicted octanol–water partition coefficient (Wildman–Crippen LogP) is 3.94. The minimum Gasteiger partial charge on any atom is -0.332 e. The van der Waals surface area contributed by atoms with Gasteiger partial charge in [-0.05, 0) is 50.6 Å². The van der Waals surface area contributed by atoms with Crippen LogP contribution >= 0.6 is 0 Å². The molecule has 1 aromatic heterocycles. The monoisotopic (exact) mass is 345 g/mol. The van der Waals surface area contributed by atoms with Crippen molar-refractivity contribution in [1.82, 2.24) is 14.5 Å². The molecule has 0 bridgehead atoms. The number of imidazole rings is 1. The van der Waals surface area contributed by atoms with E-state index < -0.39 is 11.6 Å². The van der Waals surface area contributed by atoms with Crippen molar-refractivity contribution < 1.29 is 8.78 Å². The fourth-order valence-electron chi connectivity index (χ4n) is 3.85. The standard InChI is InChI=1S/C20H25F2N3/c1-14-10-23-20(25(14)12-15-2-3-15)8-16-6-7-24(11-16)13-17-4-5-18(21)9-19(17)22/h4-5,9-10,15-16H,2-3,6-8,11-13H2,1H3. The van der Waals surface area contributed by atoms with E-state index in [0.717, 1.165) is 44.5 Å². The molecule has 1 aliphatic heterocycles. The van der Waals surface area contributed by atoms with Gasteiger partial charge in [0.05, 0.1) is 0 Å². The van der Waals surface area contributed by atoms with Crippen LogP contribution in [0.2, 0.25) is 0 Å². The van der Waals surface area contributed by atoms with Gasteiger partial charge in [-0.15, -0.1) is 0 Å². The molecule has 1 aromatic carbocycles. The molecule has 1 saturated carbocycles. The van der Waals surface area contributed by atoms with Crippen LogP contribution in [0.5, 0.6) is 0 Å². The molecule has 1 saturated heterocycles. The van der Waals surface area contributed by atoms with Gasteiger partial charge < -0.3 is 4.57 Å². The molecule has 1 atom stereocenters. The summed E-state index contributed by atoms with van der Waals surface area (Å²) in [5.41, 5.74) is 1.83. The molecule has 2 heterocycles. The van der Waals surface area contributed by atoms with Gasteiger partial charge >= 0.3 is 0 Å². The highest BCUT2D eigenvalue weighted by atomic mass is 19.1. The Morgan fingerprint density at radius 3 is 2.76 bits per heavy atom. The second-order valence-electron chi connectivity index (χ2n) is 7.70. The zero-order valence-electron chi connectivity index (χ0n) is 14.7. The molecule has 1 unspecified atom stereocenters. The van der Waals surface area contributed by atoms with Crippen LogP contribution in [0.4, 0.5) is 8.78 Å². The lowest BCUT2D eigenvalue weighted by Crippen LogP contribution is -2.22. The van der Waals surface area contributed by atoms with Gasteiger partial charge in [0.1, 0.15) is 17.5 Å². The van der Waals surface area contributed by atoms with Crippen molar-refractivity contribution in [2.75, 3.05) is 13.1 Å². The van der Waals surface area contributed by atoms with E-state index in [0.29, 0.717) is 18.0 Å². The Kier molecular flexibility index (Phi) is 4.59. The fraction of sp³-hybridized carbons (Fsp3) is 0.550. The third-order valence-electron chi connectivity index (χ3n) is 5.53. The summed E-state index contributed by atoms with van der Waals surface area (Å²) in [5, 5.41) is 0. The maximum absolute atomic E-state index is 13.9. The minimum absolute atomic E-state index is 0.445. The summed E-state index contributed by atoms with van der Waals surface area (Å²) < 4.78 is 29.3. The number of halogens is 2. The lowest BCUT2D eigenvalue weighted by Gasteiger charge is -2.17. The van der Waals surface area contributed by atoms with Gasteiger partial charge in [-0.3, -0.25) is 4.90 Å². The summed E-state index contributed by atoms with van der Waals surface area (Å²) in [7, 11) is 0. The van der Waals surface area contributed by atoms with E-state index in [9.17, 15) is 8.78 Å². The molecule has 3 nitrogen and oxygen atoms in total. The molecule has 2 aromatic rings. The molecule has 0 amide bonds. The molecule has 2 fully saturated rings. The second kappa shape index (κ2) is 6.87. The first kappa shape index (κ1) is 16.7. The molecular weight excluding hydrogens is 320 g/mol. The lowest BCUT2D eigenvalue weighted by molar-refractivity contribution is 0.309. The van der Waals surface area contributed by atoms with Crippen molar-refractivity contribution in [1.29, 1.82) is 0 Å². The van der Waals surface area contributed by atoms with E-state index in [1.807, 2.05) is 6.20 Å². The average molecular weight is 345 g/mol. The van der Waals surface area contributed by atoms with Crippen molar-refractivity contribution in [3.63, 3.8) is 0 Å². The number of hydrogen-bond donors (Lipinski definition) is 0. The maximum atomic E-state index is 13.9. The number of aromatic nitrogens is 2. The van der Waals surface area contributed by atoms with Gasteiger partial charge in [0, 0.05) is 49.6 Å². The number of benzene rings is 1. The second-order valence-corrected chi connectivity index (χ2v) is 7.70. The van der Waals surface area contributed by atoms with Crippen molar-refractivity contribution in [3.05, 3.63) is 53.1 Å². The zero-order valence-corrected chi connectivity index (χ0v) is 14.7. The summed E-state index contributed by atoms with van der Waals surface area (Å²) >= 11 is 0. The van der Waals surface area contributed by atoms with E-state index in [-0.39, 0.29) is 0 Å². The van der Waals surface area contributed by atoms with Crippen molar-refractivity contribution in [3.8, 4) is 0 Å². The van der Waals surface area contributed by atoms with E-state index in [1.54, 1.807) is 6.07 Å². The van der Waals surface area contributed by atoms with Crippen LogP contribution in [-0.2, 0) is 19.5 Å². The molecule has 2 aliphatic rings. The van der Waals surface area contributed by atoms with Gasteiger partial charge in [-0.2, -0.15) is 0 Å². The smallest absolute Gasteiger partial charge is 0.130 e. The molecule has 134 valence electrons. The Morgan fingerprint density at radius 1 is 1.16 bits per heavy atom. The molecule has 4 rings (SSSR count). The zero-order chi connectivity index (χ0) is 17.4. The average Bonchev–Trinajstić information content (AvgIpc) is 3.20. The first-order valence-corrected chi connectivity index (χ1v) is 9.26. The molecule has 1 aliphatic carbocycles. The third kappa shape index (κ3) is 3.92. The summed E-state index contributed by atoms with van der Waals surface area (Å²) in [4.78, 5) is 6.90. The van der Waals surface area contributed by atoms with Crippen LogP contribution in [0.25, 0.3) is 0 Å². The van der Waals surface area contributed by atoms with Crippen LogP contribution in [-0.4, -0.2) is 27.5 Å². The Hall–Kier alpha value is -1.75. The Morgan fingerprint density at radius 2 is 2.00 bits per heavy atom. The highest BCUT2D eigenvalue weighted by Crippen LogP contribution is 2.32. The highest BCUT2D eigenvalue weighted by Gasteiger charge is 2.27. The third-order valence-corrected chi connectivity index (χ3v) is 5.53. The van der Waals surface area contributed by atoms with Gasteiger partial charge in [-0.25, -0.2) is 13.8 Å². The number of likely N-dealkylation sites (tertiary alicyclic amines) is 1. The number of rotatable bonds is 6.